The second-order valence-corrected chi connectivity index (χ2v) is 11.1. The monoisotopic (exact) mass is 482 g/mol. The summed E-state index contributed by atoms with van der Waals surface area (Å²) in [6.45, 7) is 7.53. The average Bonchev–Trinajstić information content (AvgIpc) is 3.30. The molecule has 0 radical (unpaired) electrons. The molecule has 1 aliphatic heterocycles. The van der Waals surface area contributed by atoms with Crippen LogP contribution in [0.5, 0.6) is 0 Å². The number of aromatic nitrogens is 4. The van der Waals surface area contributed by atoms with Crippen LogP contribution in [0.25, 0.3) is 16.8 Å². The predicted molar refractivity (Wildman–Crippen MR) is 131 cm³/mol. The summed E-state index contributed by atoms with van der Waals surface area (Å²) < 4.78 is 25.0. The van der Waals surface area contributed by atoms with Crippen molar-refractivity contribution in [3.8, 4) is 16.8 Å². The summed E-state index contributed by atoms with van der Waals surface area (Å²) in [5.74, 6) is 0.849. The van der Waals surface area contributed by atoms with Crippen LogP contribution in [-0.2, 0) is 16.3 Å². The van der Waals surface area contributed by atoms with Crippen molar-refractivity contribution >= 4 is 15.7 Å². The van der Waals surface area contributed by atoms with E-state index in [2.05, 4.69) is 25.7 Å². The second-order valence-electron chi connectivity index (χ2n) is 8.82. The third kappa shape index (κ3) is 5.68. The van der Waals surface area contributed by atoms with Crippen molar-refractivity contribution in [2.75, 3.05) is 31.1 Å². The Morgan fingerprint density at radius 3 is 2.47 bits per heavy atom. The fraction of sp³-hybridized carbons (Fsp3) is 0.417. The van der Waals surface area contributed by atoms with Crippen LogP contribution in [0.4, 0.5) is 0 Å². The standard InChI is InChI=1S/C24H30N6O3S/c1-4-23-26-27-28-30(23)22-14-20(19-7-5-17(2)6-8-19)13-21(15-22)24(31)25-18(3)16-29-9-11-34(32,33)12-10-29/h5-8,13-15,18H,4,9-12,16H2,1-3H3,(H,25,31)/t18-/m1/s1. The number of carbonyl (C=O) groups excluding carboxylic acids is 1. The molecular formula is C24H30N6O3S. The normalized spacial score (nSPS) is 16.8. The highest BCUT2D eigenvalue weighted by Crippen LogP contribution is 2.25. The lowest BCUT2D eigenvalue weighted by Crippen LogP contribution is -2.47. The SMILES string of the molecule is CCc1nnnn1-c1cc(C(=O)N[C@H](C)CN2CCS(=O)(=O)CC2)cc(-c2ccc(C)cc2)c1. The van der Waals surface area contributed by atoms with Crippen LogP contribution in [0.15, 0.2) is 42.5 Å². The van der Waals surface area contributed by atoms with Crippen LogP contribution in [-0.4, -0.2) is 76.6 Å². The highest BCUT2D eigenvalue weighted by atomic mass is 32.2. The zero-order valence-corrected chi connectivity index (χ0v) is 20.5. The van der Waals surface area contributed by atoms with Gasteiger partial charge in [0.25, 0.3) is 5.91 Å². The molecule has 1 N–H and O–H groups in total. The summed E-state index contributed by atoms with van der Waals surface area (Å²) in [7, 11) is -2.93. The number of rotatable bonds is 7. The summed E-state index contributed by atoms with van der Waals surface area (Å²) in [6, 6.07) is 13.7. The molecule has 10 heteroatoms. The molecule has 0 aliphatic carbocycles. The molecule has 0 saturated carbocycles. The number of nitrogens with one attached hydrogen (secondary N) is 1. The molecule has 0 unspecified atom stereocenters. The lowest BCUT2D eigenvalue weighted by atomic mass is 10.0. The molecule has 1 aromatic heterocycles. The van der Waals surface area contributed by atoms with Gasteiger partial charge in [0.05, 0.1) is 17.2 Å². The zero-order chi connectivity index (χ0) is 24.3. The smallest absolute Gasteiger partial charge is 0.251 e. The molecule has 0 spiro atoms. The Kier molecular flexibility index (Phi) is 7.08. The molecule has 2 aromatic carbocycles. The first-order chi connectivity index (χ1) is 16.2. The molecule has 3 aromatic rings. The number of nitrogens with zero attached hydrogens (tertiary/aromatic N) is 5. The first-order valence-corrected chi connectivity index (χ1v) is 13.3. The van der Waals surface area contributed by atoms with E-state index in [-0.39, 0.29) is 23.5 Å². The van der Waals surface area contributed by atoms with Crippen molar-refractivity contribution < 1.29 is 13.2 Å². The van der Waals surface area contributed by atoms with Gasteiger partial charge in [-0.05, 0) is 53.6 Å². The van der Waals surface area contributed by atoms with Crippen molar-refractivity contribution in [1.82, 2.24) is 30.4 Å². The topological polar surface area (TPSA) is 110 Å². The third-order valence-corrected chi connectivity index (χ3v) is 7.62. The summed E-state index contributed by atoms with van der Waals surface area (Å²) in [6.07, 6.45) is 0.659. The van der Waals surface area contributed by atoms with Crippen molar-refractivity contribution in [3.05, 3.63) is 59.4 Å². The first kappa shape index (κ1) is 24.0. The number of aryl methyl sites for hydroxylation is 2. The Balaban J connectivity index is 1.58. The zero-order valence-electron chi connectivity index (χ0n) is 19.7. The highest BCUT2D eigenvalue weighted by molar-refractivity contribution is 7.91. The maximum absolute atomic E-state index is 13.2. The van der Waals surface area contributed by atoms with Crippen LogP contribution in [0.1, 0.15) is 35.6 Å². The maximum Gasteiger partial charge on any atom is 0.251 e. The second kappa shape index (κ2) is 10.0. The molecule has 4 rings (SSSR count). The molecule has 1 amide bonds. The van der Waals surface area contributed by atoms with Gasteiger partial charge >= 0.3 is 0 Å². The molecule has 0 bridgehead atoms. The molecule has 34 heavy (non-hydrogen) atoms. The molecular weight excluding hydrogens is 452 g/mol. The van der Waals surface area contributed by atoms with Gasteiger partial charge in [0.1, 0.15) is 0 Å². The fourth-order valence-corrected chi connectivity index (χ4v) is 5.35. The molecule has 9 nitrogen and oxygen atoms in total. The largest absolute Gasteiger partial charge is 0.348 e. The van der Waals surface area contributed by atoms with E-state index in [1.54, 1.807) is 10.7 Å². The third-order valence-electron chi connectivity index (χ3n) is 6.01. The van der Waals surface area contributed by atoms with Gasteiger partial charge in [-0.25, -0.2) is 8.42 Å². The number of hydrogen-bond acceptors (Lipinski definition) is 7. The fourth-order valence-electron chi connectivity index (χ4n) is 4.08. The number of sulfone groups is 1. The maximum atomic E-state index is 13.2. The van der Waals surface area contributed by atoms with E-state index in [9.17, 15) is 13.2 Å². The van der Waals surface area contributed by atoms with Crippen molar-refractivity contribution in [1.29, 1.82) is 0 Å². The minimum atomic E-state index is -2.93. The van der Waals surface area contributed by atoms with Gasteiger partial charge in [0.2, 0.25) is 0 Å². The predicted octanol–water partition coefficient (Wildman–Crippen LogP) is 2.05. The first-order valence-electron chi connectivity index (χ1n) is 11.5. The Labute approximate surface area is 200 Å². The molecule has 2 heterocycles. The van der Waals surface area contributed by atoms with Gasteiger partial charge in [-0.1, -0.05) is 36.8 Å². The summed E-state index contributed by atoms with van der Waals surface area (Å²) >= 11 is 0. The van der Waals surface area contributed by atoms with Crippen LogP contribution < -0.4 is 5.32 Å². The minimum Gasteiger partial charge on any atom is -0.348 e. The Hall–Kier alpha value is -3.11. The summed E-state index contributed by atoms with van der Waals surface area (Å²) in [4.78, 5) is 15.3. The Morgan fingerprint density at radius 1 is 1.09 bits per heavy atom. The Bertz CT molecular complexity index is 1260. The summed E-state index contributed by atoms with van der Waals surface area (Å²) in [5.41, 5.74) is 4.29. The van der Waals surface area contributed by atoms with Crippen molar-refractivity contribution in [2.45, 2.75) is 33.2 Å². The van der Waals surface area contributed by atoms with Gasteiger partial charge in [-0.15, -0.1) is 5.10 Å². The van der Waals surface area contributed by atoms with E-state index in [0.717, 1.165) is 22.4 Å². The lowest BCUT2D eigenvalue weighted by Gasteiger charge is -2.29. The Morgan fingerprint density at radius 2 is 1.79 bits per heavy atom. The quantitative estimate of drug-likeness (QED) is 0.549. The molecule has 1 aliphatic rings. The van der Waals surface area contributed by atoms with Gasteiger partial charge in [0.15, 0.2) is 15.7 Å². The van der Waals surface area contributed by atoms with E-state index in [1.807, 2.05) is 57.2 Å². The van der Waals surface area contributed by atoms with Crippen LogP contribution >= 0.6 is 0 Å². The number of carbonyl (C=O) groups is 1. The number of hydrogen-bond donors (Lipinski definition) is 1. The average molecular weight is 483 g/mol. The number of tetrazole rings is 1. The van der Waals surface area contributed by atoms with Gasteiger partial charge in [-0.2, -0.15) is 4.68 Å². The van der Waals surface area contributed by atoms with Gasteiger partial charge in [0, 0.05) is 37.7 Å². The number of amides is 1. The van der Waals surface area contributed by atoms with Crippen molar-refractivity contribution in [2.24, 2.45) is 0 Å². The van der Waals surface area contributed by atoms with E-state index >= 15 is 0 Å². The lowest BCUT2D eigenvalue weighted by molar-refractivity contribution is 0.0930. The van der Waals surface area contributed by atoms with Crippen LogP contribution in [0, 0.1) is 6.92 Å². The number of benzene rings is 2. The molecule has 1 atom stereocenters. The summed E-state index contributed by atoms with van der Waals surface area (Å²) in [5, 5.41) is 15.1. The van der Waals surface area contributed by atoms with E-state index in [0.29, 0.717) is 37.4 Å². The molecule has 1 fully saturated rings. The van der Waals surface area contributed by atoms with Crippen molar-refractivity contribution in [3.63, 3.8) is 0 Å². The van der Waals surface area contributed by atoms with Crippen LogP contribution in [0.3, 0.4) is 0 Å². The highest BCUT2D eigenvalue weighted by Gasteiger charge is 2.23. The van der Waals surface area contributed by atoms with Crippen LogP contribution in [0.2, 0.25) is 0 Å². The van der Waals surface area contributed by atoms with Gasteiger partial charge < -0.3 is 5.32 Å². The minimum absolute atomic E-state index is 0.140. The molecule has 180 valence electrons. The van der Waals surface area contributed by atoms with E-state index in [4.69, 9.17) is 0 Å². The van der Waals surface area contributed by atoms with E-state index in [1.165, 1.54) is 0 Å². The van der Waals surface area contributed by atoms with E-state index < -0.39 is 9.84 Å². The van der Waals surface area contributed by atoms with Gasteiger partial charge in [-0.3, -0.25) is 9.69 Å². The molecule has 1 saturated heterocycles.